The zero-order chi connectivity index (χ0) is 15.9. The molecule has 0 spiro atoms. The van der Waals surface area contributed by atoms with Gasteiger partial charge in [0.25, 0.3) is 5.69 Å². The van der Waals surface area contributed by atoms with Crippen molar-refractivity contribution in [2.24, 2.45) is 0 Å². The van der Waals surface area contributed by atoms with Crippen LogP contribution in [0.3, 0.4) is 0 Å². The number of hydrogen-bond acceptors (Lipinski definition) is 4. The molecule has 1 heterocycles. The predicted molar refractivity (Wildman–Crippen MR) is 78.0 cm³/mol. The third kappa shape index (κ3) is 2.24. The molecule has 2 amide bonds. The number of carbonyl (C=O) groups is 2. The van der Waals surface area contributed by atoms with Crippen molar-refractivity contribution >= 4 is 17.5 Å². The molecule has 1 aliphatic carbocycles. The summed E-state index contributed by atoms with van der Waals surface area (Å²) in [6.07, 6.45) is 1.89. The molecular formula is C15H15N3O4. The number of allylic oxidation sites excluding steroid dienone is 1. The Morgan fingerprint density at radius 3 is 2.55 bits per heavy atom. The molecule has 1 unspecified atom stereocenters. The quantitative estimate of drug-likeness (QED) is 0.670. The molecule has 0 radical (unpaired) electrons. The summed E-state index contributed by atoms with van der Waals surface area (Å²) >= 11 is 0. The van der Waals surface area contributed by atoms with Crippen molar-refractivity contribution in [2.45, 2.75) is 25.3 Å². The summed E-state index contributed by atoms with van der Waals surface area (Å²) in [4.78, 5) is 36.1. The molecule has 0 bridgehead atoms. The summed E-state index contributed by atoms with van der Waals surface area (Å²) in [5.74, 6) is 0.0245. The van der Waals surface area contributed by atoms with E-state index in [1.807, 2.05) is 0 Å². The minimum Gasteiger partial charge on any atom is -0.327 e. The Labute approximate surface area is 126 Å². The maximum absolute atomic E-state index is 12.3. The highest BCUT2D eigenvalue weighted by Crippen LogP contribution is 2.36. The van der Waals surface area contributed by atoms with Crippen molar-refractivity contribution in [1.29, 1.82) is 0 Å². The minimum absolute atomic E-state index is 0.0211. The Morgan fingerprint density at radius 1 is 1.23 bits per heavy atom. The van der Waals surface area contributed by atoms with Crippen LogP contribution in [0.5, 0.6) is 0 Å². The molecule has 1 N–H and O–H groups in total. The molecule has 1 aliphatic heterocycles. The number of carbonyl (C=O) groups excluding carboxylic acids is 2. The van der Waals surface area contributed by atoms with Crippen molar-refractivity contribution in [1.82, 2.24) is 10.2 Å². The van der Waals surface area contributed by atoms with Crippen LogP contribution in [0.2, 0.25) is 0 Å². The molecule has 1 atom stereocenters. The first-order valence-electron chi connectivity index (χ1n) is 7.04. The molecule has 22 heavy (non-hydrogen) atoms. The van der Waals surface area contributed by atoms with E-state index in [-0.39, 0.29) is 17.5 Å². The van der Waals surface area contributed by atoms with Crippen molar-refractivity contribution in [3.8, 4) is 0 Å². The van der Waals surface area contributed by atoms with Gasteiger partial charge in [0.15, 0.2) is 5.78 Å². The van der Waals surface area contributed by atoms with Gasteiger partial charge >= 0.3 is 6.03 Å². The Kier molecular flexibility index (Phi) is 3.40. The van der Waals surface area contributed by atoms with Crippen LogP contribution in [0.25, 0.3) is 0 Å². The number of ketones is 1. The Morgan fingerprint density at radius 2 is 1.91 bits per heavy atom. The van der Waals surface area contributed by atoms with Crippen molar-refractivity contribution < 1.29 is 14.5 Å². The standard InChI is InChI=1S/C15H15N3O4/c1-17-11-3-2-4-12(19)13(11)14(16-15(17)20)9-5-7-10(8-6-9)18(21)22/h5-8,14H,2-4H2,1H3,(H,16,20). The number of non-ortho nitro benzene ring substituents is 1. The largest absolute Gasteiger partial charge is 0.327 e. The summed E-state index contributed by atoms with van der Waals surface area (Å²) < 4.78 is 0. The number of Topliss-reactive ketones (excluding diaryl/α,β-unsaturated/α-hetero) is 1. The summed E-state index contributed by atoms with van der Waals surface area (Å²) in [5, 5.41) is 13.5. The van der Waals surface area contributed by atoms with E-state index < -0.39 is 11.0 Å². The maximum Gasteiger partial charge on any atom is 0.322 e. The molecule has 0 saturated carbocycles. The first-order chi connectivity index (χ1) is 10.5. The Bertz CT molecular complexity index is 693. The van der Waals surface area contributed by atoms with Gasteiger partial charge in [-0.15, -0.1) is 0 Å². The van der Waals surface area contributed by atoms with Gasteiger partial charge in [0.2, 0.25) is 0 Å². The highest BCUT2D eigenvalue weighted by molar-refractivity contribution is 6.00. The number of nitro groups is 1. The van der Waals surface area contributed by atoms with Gasteiger partial charge in [-0.2, -0.15) is 0 Å². The predicted octanol–water partition coefficient (Wildman–Crippen LogP) is 2.30. The summed E-state index contributed by atoms with van der Waals surface area (Å²) in [6.45, 7) is 0. The maximum atomic E-state index is 12.3. The molecule has 1 aromatic carbocycles. The fraction of sp³-hybridized carbons (Fsp3) is 0.333. The zero-order valence-electron chi connectivity index (χ0n) is 12.0. The van der Waals surface area contributed by atoms with Crippen molar-refractivity contribution in [3.63, 3.8) is 0 Å². The van der Waals surface area contributed by atoms with Gasteiger partial charge in [0.05, 0.1) is 11.0 Å². The lowest BCUT2D eigenvalue weighted by atomic mass is 9.85. The van der Waals surface area contributed by atoms with Crippen LogP contribution in [0.15, 0.2) is 35.5 Å². The number of nitrogens with one attached hydrogen (secondary N) is 1. The van der Waals surface area contributed by atoms with Crippen LogP contribution >= 0.6 is 0 Å². The molecule has 2 aliphatic rings. The van der Waals surface area contributed by atoms with E-state index in [1.165, 1.54) is 17.0 Å². The van der Waals surface area contributed by atoms with Crippen LogP contribution in [0, 0.1) is 10.1 Å². The number of benzene rings is 1. The van der Waals surface area contributed by atoms with Gasteiger partial charge in [-0.1, -0.05) is 0 Å². The Balaban J connectivity index is 2.05. The van der Waals surface area contributed by atoms with E-state index in [2.05, 4.69) is 5.32 Å². The van der Waals surface area contributed by atoms with Crippen molar-refractivity contribution in [3.05, 3.63) is 51.2 Å². The molecule has 3 rings (SSSR count). The fourth-order valence-corrected chi connectivity index (χ4v) is 2.98. The topological polar surface area (TPSA) is 92.6 Å². The lowest BCUT2D eigenvalue weighted by molar-refractivity contribution is -0.384. The second-order valence-corrected chi connectivity index (χ2v) is 5.43. The van der Waals surface area contributed by atoms with Gasteiger partial charge in [0.1, 0.15) is 0 Å². The Hall–Kier alpha value is -2.70. The van der Waals surface area contributed by atoms with Gasteiger partial charge in [-0.3, -0.25) is 14.9 Å². The van der Waals surface area contributed by atoms with E-state index >= 15 is 0 Å². The van der Waals surface area contributed by atoms with E-state index in [9.17, 15) is 19.7 Å². The van der Waals surface area contributed by atoms with Crippen LogP contribution in [0.4, 0.5) is 10.5 Å². The third-order valence-corrected chi connectivity index (χ3v) is 4.13. The van der Waals surface area contributed by atoms with E-state index in [0.29, 0.717) is 24.0 Å². The minimum atomic E-state index is -0.535. The van der Waals surface area contributed by atoms with Gasteiger partial charge in [-0.05, 0) is 30.5 Å². The second kappa shape index (κ2) is 5.25. The van der Waals surface area contributed by atoms with E-state index in [1.54, 1.807) is 19.2 Å². The number of amides is 2. The third-order valence-electron chi connectivity index (χ3n) is 4.13. The lowest BCUT2D eigenvalue weighted by Crippen LogP contribution is -2.47. The first kappa shape index (κ1) is 14.2. The highest BCUT2D eigenvalue weighted by atomic mass is 16.6. The molecule has 7 nitrogen and oxygen atoms in total. The van der Waals surface area contributed by atoms with E-state index in [0.717, 1.165) is 12.1 Å². The molecule has 0 fully saturated rings. The number of nitrogens with zero attached hydrogens (tertiary/aromatic N) is 2. The molecule has 0 aromatic heterocycles. The number of urea groups is 1. The van der Waals surface area contributed by atoms with Crippen LogP contribution in [-0.2, 0) is 4.79 Å². The SMILES string of the molecule is CN1C(=O)NC(c2ccc([N+](=O)[O-])cc2)C2=C1CCCC2=O. The molecule has 7 heteroatoms. The molecular weight excluding hydrogens is 286 g/mol. The average Bonchev–Trinajstić information content (AvgIpc) is 2.51. The zero-order valence-corrected chi connectivity index (χ0v) is 12.0. The number of nitro benzene ring substituents is 1. The second-order valence-electron chi connectivity index (χ2n) is 5.43. The van der Waals surface area contributed by atoms with E-state index in [4.69, 9.17) is 0 Å². The highest BCUT2D eigenvalue weighted by Gasteiger charge is 2.37. The van der Waals surface area contributed by atoms with Crippen LogP contribution in [0.1, 0.15) is 30.9 Å². The van der Waals surface area contributed by atoms with Crippen LogP contribution in [-0.4, -0.2) is 28.7 Å². The molecule has 114 valence electrons. The smallest absolute Gasteiger partial charge is 0.322 e. The first-order valence-corrected chi connectivity index (χ1v) is 7.04. The summed E-state index contributed by atoms with van der Waals surface area (Å²) in [5.41, 5.74) is 2.01. The monoisotopic (exact) mass is 301 g/mol. The number of hydrogen-bond donors (Lipinski definition) is 1. The average molecular weight is 301 g/mol. The molecule has 0 saturated heterocycles. The normalized spacial score (nSPS) is 21.5. The van der Waals surface area contributed by atoms with Gasteiger partial charge in [0, 0.05) is 36.9 Å². The fourth-order valence-electron chi connectivity index (χ4n) is 2.98. The lowest BCUT2D eigenvalue weighted by Gasteiger charge is -2.37. The van der Waals surface area contributed by atoms with Gasteiger partial charge < -0.3 is 10.2 Å². The number of rotatable bonds is 2. The summed E-state index contributed by atoms with van der Waals surface area (Å²) in [6, 6.07) is 5.13. The molecule has 1 aromatic rings. The summed E-state index contributed by atoms with van der Waals surface area (Å²) in [7, 11) is 1.65. The van der Waals surface area contributed by atoms with Gasteiger partial charge in [-0.25, -0.2) is 4.79 Å². The van der Waals surface area contributed by atoms with Crippen LogP contribution < -0.4 is 5.32 Å². The van der Waals surface area contributed by atoms with Crippen molar-refractivity contribution in [2.75, 3.05) is 7.05 Å².